The van der Waals surface area contributed by atoms with Gasteiger partial charge >= 0.3 is 6.18 Å². The van der Waals surface area contributed by atoms with Gasteiger partial charge in [0.2, 0.25) is 5.28 Å². The Morgan fingerprint density at radius 3 is 2.31 bits per heavy atom. The largest absolute Gasteiger partial charge is 0.394 e. The molecule has 0 aliphatic heterocycles. The fraction of sp³-hybridized carbons (Fsp3) is 0.333. The monoisotopic (exact) mass is 230 g/mol. The lowest BCUT2D eigenvalue weighted by atomic mass is 10.3. The van der Waals surface area contributed by atoms with Crippen molar-refractivity contribution in [3.05, 3.63) is 22.2 Å². The van der Waals surface area contributed by atoms with E-state index in [2.05, 4.69) is 9.97 Å². The molecule has 1 aromatic heterocycles. The van der Waals surface area contributed by atoms with Gasteiger partial charge in [-0.15, -0.1) is 0 Å². The molecule has 2 nitrogen and oxygen atoms in total. The highest BCUT2D eigenvalue weighted by Gasteiger charge is 2.28. The first-order valence-electron chi connectivity index (χ1n) is 3.12. The number of rotatable bonds is 1. The average molecular weight is 231 g/mol. The fourth-order valence-corrected chi connectivity index (χ4v) is 1.18. The van der Waals surface area contributed by atoms with Crippen LogP contribution in [0, 0.1) is 0 Å². The zero-order chi connectivity index (χ0) is 10.1. The van der Waals surface area contributed by atoms with Crippen molar-refractivity contribution in [2.45, 2.75) is 12.6 Å². The Kier molecular flexibility index (Phi) is 2.98. The van der Waals surface area contributed by atoms with E-state index in [-0.39, 0.29) is 16.1 Å². The molecule has 72 valence electrons. The maximum absolute atomic E-state index is 11.9. The molecule has 1 heterocycles. The van der Waals surface area contributed by atoms with E-state index < -0.39 is 12.6 Å². The second-order valence-electron chi connectivity index (χ2n) is 2.24. The van der Waals surface area contributed by atoms with Gasteiger partial charge in [-0.3, -0.25) is 0 Å². The van der Waals surface area contributed by atoms with E-state index in [0.29, 0.717) is 0 Å². The van der Waals surface area contributed by atoms with E-state index in [9.17, 15) is 13.2 Å². The summed E-state index contributed by atoms with van der Waals surface area (Å²) in [7, 11) is 0. The minimum atomic E-state index is -4.32. The lowest BCUT2D eigenvalue weighted by molar-refractivity contribution is -0.127. The Hall–Kier alpha value is -0.550. The Morgan fingerprint density at radius 2 is 1.85 bits per heavy atom. The molecule has 1 rings (SSSR count). The van der Waals surface area contributed by atoms with Crippen molar-refractivity contribution < 1.29 is 13.2 Å². The molecule has 0 spiro atoms. The third kappa shape index (κ3) is 3.78. The van der Waals surface area contributed by atoms with Gasteiger partial charge in [0.05, 0.1) is 12.1 Å². The van der Waals surface area contributed by atoms with Crippen molar-refractivity contribution >= 4 is 23.2 Å². The van der Waals surface area contributed by atoms with Gasteiger partial charge in [0.15, 0.2) is 0 Å². The number of hydrogen-bond donors (Lipinski definition) is 0. The number of alkyl halides is 3. The maximum atomic E-state index is 11.9. The highest BCUT2D eigenvalue weighted by Crippen LogP contribution is 2.21. The SMILES string of the molecule is FC(F)(F)Cc1cc(Cl)nc(Cl)n1. The summed E-state index contributed by atoms with van der Waals surface area (Å²) in [6.45, 7) is 0. The normalized spacial score (nSPS) is 11.8. The van der Waals surface area contributed by atoms with Gasteiger partial charge in [-0.1, -0.05) is 11.6 Å². The molecular weight excluding hydrogens is 228 g/mol. The van der Waals surface area contributed by atoms with E-state index in [0.717, 1.165) is 6.07 Å². The smallest absolute Gasteiger partial charge is 0.223 e. The van der Waals surface area contributed by atoms with E-state index in [1.165, 1.54) is 0 Å². The van der Waals surface area contributed by atoms with E-state index in [4.69, 9.17) is 23.2 Å². The van der Waals surface area contributed by atoms with Crippen LogP contribution < -0.4 is 0 Å². The minimum absolute atomic E-state index is 0.0979. The molecule has 0 amide bonds. The molecule has 0 bridgehead atoms. The van der Waals surface area contributed by atoms with Crippen LogP contribution in [0.5, 0.6) is 0 Å². The highest BCUT2D eigenvalue weighted by molar-refractivity contribution is 6.31. The van der Waals surface area contributed by atoms with Crippen LogP contribution in [0.15, 0.2) is 6.07 Å². The molecule has 0 fully saturated rings. The van der Waals surface area contributed by atoms with Crippen molar-refractivity contribution in [3.63, 3.8) is 0 Å². The summed E-state index contributed by atoms with van der Waals surface area (Å²) < 4.78 is 35.6. The summed E-state index contributed by atoms with van der Waals surface area (Å²) >= 11 is 10.7. The van der Waals surface area contributed by atoms with Crippen LogP contribution in [0.2, 0.25) is 10.4 Å². The van der Waals surface area contributed by atoms with Gasteiger partial charge in [-0.25, -0.2) is 9.97 Å². The first-order valence-corrected chi connectivity index (χ1v) is 3.88. The molecule has 1 aromatic rings. The number of nitrogens with zero attached hydrogens (tertiary/aromatic N) is 2. The zero-order valence-corrected chi connectivity index (χ0v) is 7.58. The summed E-state index contributed by atoms with van der Waals surface area (Å²) in [6.07, 6.45) is -5.48. The lowest BCUT2D eigenvalue weighted by Gasteiger charge is -2.05. The van der Waals surface area contributed by atoms with E-state index in [1.54, 1.807) is 0 Å². The standard InChI is InChI=1S/C6H3Cl2F3N2/c7-4-1-3(2-6(9,10)11)12-5(8)13-4/h1H,2H2. The van der Waals surface area contributed by atoms with Gasteiger partial charge in [-0.05, 0) is 17.7 Å². The van der Waals surface area contributed by atoms with Crippen molar-refractivity contribution in [2.24, 2.45) is 0 Å². The van der Waals surface area contributed by atoms with Gasteiger partial charge in [0.25, 0.3) is 0 Å². The highest BCUT2D eigenvalue weighted by atomic mass is 35.5. The van der Waals surface area contributed by atoms with Crippen LogP contribution in [-0.4, -0.2) is 16.1 Å². The van der Waals surface area contributed by atoms with Crippen LogP contribution in [0.1, 0.15) is 5.69 Å². The summed E-state index contributed by atoms with van der Waals surface area (Å²) in [5, 5.41) is -0.383. The van der Waals surface area contributed by atoms with Crippen LogP contribution in [0.4, 0.5) is 13.2 Å². The van der Waals surface area contributed by atoms with Crippen molar-refractivity contribution in [2.75, 3.05) is 0 Å². The van der Waals surface area contributed by atoms with Crippen molar-refractivity contribution in [1.29, 1.82) is 0 Å². The van der Waals surface area contributed by atoms with Crippen LogP contribution in [-0.2, 0) is 6.42 Å². The molecule has 0 saturated carbocycles. The van der Waals surface area contributed by atoms with E-state index >= 15 is 0 Å². The zero-order valence-electron chi connectivity index (χ0n) is 6.07. The second kappa shape index (κ2) is 3.67. The third-order valence-corrected chi connectivity index (χ3v) is 1.46. The molecule has 13 heavy (non-hydrogen) atoms. The predicted molar refractivity (Wildman–Crippen MR) is 41.8 cm³/mol. The molecule has 0 saturated heterocycles. The molecule has 0 aliphatic rings. The maximum Gasteiger partial charge on any atom is 0.394 e. The van der Waals surface area contributed by atoms with Gasteiger partial charge < -0.3 is 0 Å². The second-order valence-corrected chi connectivity index (χ2v) is 2.97. The molecule has 0 aromatic carbocycles. The molecule has 0 N–H and O–H groups in total. The average Bonchev–Trinajstić information content (AvgIpc) is 1.78. The lowest BCUT2D eigenvalue weighted by Crippen LogP contribution is -2.13. The van der Waals surface area contributed by atoms with Crippen LogP contribution in [0.25, 0.3) is 0 Å². The Balaban J connectivity index is 2.90. The summed E-state index contributed by atoms with van der Waals surface area (Å²) in [6, 6.07) is 1.03. The Morgan fingerprint density at radius 1 is 1.23 bits per heavy atom. The Labute approximate surface area is 81.7 Å². The van der Waals surface area contributed by atoms with Gasteiger partial charge in [0, 0.05) is 0 Å². The van der Waals surface area contributed by atoms with E-state index in [1.807, 2.05) is 0 Å². The first-order chi connectivity index (χ1) is 5.87. The first kappa shape index (κ1) is 10.5. The van der Waals surface area contributed by atoms with Gasteiger partial charge in [0.1, 0.15) is 5.15 Å². The topological polar surface area (TPSA) is 25.8 Å². The molecule has 7 heteroatoms. The summed E-state index contributed by atoms with van der Waals surface area (Å²) in [5.74, 6) is 0. The number of halogens is 5. The van der Waals surface area contributed by atoms with Gasteiger partial charge in [-0.2, -0.15) is 13.2 Å². The summed E-state index contributed by atoms with van der Waals surface area (Å²) in [4.78, 5) is 6.79. The fourth-order valence-electron chi connectivity index (χ4n) is 0.730. The molecule has 0 atom stereocenters. The minimum Gasteiger partial charge on any atom is -0.223 e. The van der Waals surface area contributed by atoms with Crippen LogP contribution >= 0.6 is 23.2 Å². The third-order valence-electron chi connectivity index (χ3n) is 1.10. The van der Waals surface area contributed by atoms with Crippen molar-refractivity contribution in [1.82, 2.24) is 9.97 Å². The summed E-state index contributed by atoms with van der Waals surface area (Å²) in [5.41, 5.74) is -0.238. The molecule has 0 unspecified atom stereocenters. The van der Waals surface area contributed by atoms with Crippen LogP contribution in [0.3, 0.4) is 0 Å². The Bertz CT molecular complexity index is 293. The number of hydrogen-bond acceptors (Lipinski definition) is 2. The number of aromatic nitrogens is 2. The molecule has 0 radical (unpaired) electrons. The molecular formula is C6H3Cl2F3N2. The predicted octanol–water partition coefficient (Wildman–Crippen LogP) is 2.89. The van der Waals surface area contributed by atoms with Crippen molar-refractivity contribution in [3.8, 4) is 0 Å². The quantitative estimate of drug-likeness (QED) is 0.548. The molecule has 0 aliphatic carbocycles.